The Morgan fingerprint density at radius 1 is 0.645 bits per heavy atom. The van der Waals surface area contributed by atoms with Gasteiger partial charge in [0, 0.05) is 29.2 Å². The lowest BCUT2D eigenvalue weighted by atomic mass is 10.2. The van der Waals surface area contributed by atoms with E-state index in [0.29, 0.717) is 0 Å². The fourth-order valence-electron chi connectivity index (χ4n) is 3.83. The normalized spacial score (nSPS) is 11.2. The minimum Gasteiger partial charge on any atom is -0.342 e. The van der Waals surface area contributed by atoms with Crippen molar-refractivity contribution in [3.63, 3.8) is 0 Å². The zero-order valence-corrected chi connectivity index (χ0v) is 17.2. The number of fused-ring (bicyclic) bond motifs is 1. The molecule has 0 saturated carbocycles. The molecule has 1 heterocycles. The molecule has 0 saturated heterocycles. The smallest absolute Gasteiger partial charge is 0.0652 e. The molecule has 3 nitrogen and oxygen atoms in total. The zero-order valence-electron chi connectivity index (χ0n) is 17.2. The highest BCUT2D eigenvalue weighted by Gasteiger charge is 2.10. The van der Waals surface area contributed by atoms with Crippen LogP contribution in [-0.4, -0.2) is 10.8 Å². The van der Waals surface area contributed by atoms with Gasteiger partial charge in [-0.3, -0.25) is 0 Å². The number of para-hydroxylation sites is 3. The Morgan fingerprint density at radius 3 is 1.84 bits per heavy atom. The molecule has 0 bridgehead atoms. The van der Waals surface area contributed by atoms with Crippen molar-refractivity contribution in [3.8, 4) is 0 Å². The monoisotopic (exact) mass is 401 g/mol. The Labute approximate surface area is 182 Å². The molecule has 0 amide bonds. The maximum absolute atomic E-state index is 4.90. The molecule has 0 spiro atoms. The number of hydrogen-bond donors (Lipinski definition) is 0. The summed E-state index contributed by atoms with van der Waals surface area (Å²) in [6, 6.07) is 39.5. The van der Waals surface area contributed by atoms with Crippen molar-refractivity contribution < 1.29 is 0 Å². The Morgan fingerprint density at radius 2 is 1.19 bits per heavy atom. The molecule has 5 aromatic rings. The second-order valence-corrected chi connectivity index (χ2v) is 7.44. The van der Waals surface area contributed by atoms with Gasteiger partial charge in [0.25, 0.3) is 0 Å². The average Bonchev–Trinajstić information content (AvgIpc) is 3.19. The predicted molar refractivity (Wildman–Crippen MR) is 130 cm³/mol. The molecule has 31 heavy (non-hydrogen) atoms. The molecule has 4 aromatic carbocycles. The number of hydrogen-bond acceptors (Lipinski definition) is 2. The van der Waals surface area contributed by atoms with Crippen molar-refractivity contribution in [2.45, 2.75) is 6.54 Å². The van der Waals surface area contributed by atoms with Crippen molar-refractivity contribution in [1.29, 1.82) is 0 Å². The van der Waals surface area contributed by atoms with Crippen molar-refractivity contribution in [2.24, 2.45) is 5.10 Å². The van der Waals surface area contributed by atoms with E-state index < -0.39 is 0 Å². The number of nitrogens with zero attached hydrogens (tertiary/aromatic N) is 3. The van der Waals surface area contributed by atoms with Gasteiger partial charge in [-0.2, -0.15) is 5.10 Å². The summed E-state index contributed by atoms with van der Waals surface area (Å²) in [6.45, 7) is 0.830. The summed E-state index contributed by atoms with van der Waals surface area (Å²) in [6.07, 6.45) is 4.15. The molecule has 5 rings (SSSR count). The Kier molecular flexibility index (Phi) is 5.31. The van der Waals surface area contributed by atoms with Crippen molar-refractivity contribution in [1.82, 2.24) is 4.57 Å². The number of hydrazone groups is 1. The molecule has 0 N–H and O–H groups in total. The summed E-state index contributed by atoms with van der Waals surface area (Å²) in [5.41, 5.74) is 5.64. The van der Waals surface area contributed by atoms with Gasteiger partial charge in [0.15, 0.2) is 0 Å². The van der Waals surface area contributed by atoms with Gasteiger partial charge in [0.2, 0.25) is 0 Å². The van der Waals surface area contributed by atoms with E-state index in [0.717, 1.165) is 23.5 Å². The van der Waals surface area contributed by atoms with Crippen LogP contribution >= 0.6 is 0 Å². The van der Waals surface area contributed by atoms with Crippen molar-refractivity contribution in [3.05, 3.63) is 133 Å². The fourth-order valence-corrected chi connectivity index (χ4v) is 3.83. The molecule has 0 unspecified atom stereocenters. The third-order valence-electron chi connectivity index (χ3n) is 5.33. The summed E-state index contributed by atoms with van der Waals surface area (Å²) in [5, 5.41) is 8.07. The van der Waals surface area contributed by atoms with Crippen molar-refractivity contribution in [2.75, 3.05) is 5.01 Å². The second-order valence-electron chi connectivity index (χ2n) is 7.44. The van der Waals surface area contributed by atoms with Crippen LogP contribution in [-0.2, 0) is 6.54 Å². The highest BCUT2D eigenvalue weighted by Crippen LogP contribution is 2.26. The predicted octanol–water partition coefficient (Wildman–Crippen LogP) is 6.86. The number of benzene rings is 4. The molecule has 0 aliphatic heterocycles. The van der Waals surface area contributed by atoms with Crippen LogP contribution in [0.15, 0.2) is 127 Å². The average molecular weight is 402 g/mol. The van der Waals surface area contributed by atoms with Crippen LogP contribution in [0.2, 0.25) is 0 Å². The Hall–Kier alpha value is -4.11. The number of aromatic nitrogens is 1. The minimum atomic E-state index is 0.830. The van der Waals surface area contributed by atoms with Gasteiger partial charge in [-0.15, -0.1) is 0 Å². The third-order valence-corrected chi connectivity index (χ3v) is 5.33. The van der Waals surface area contributed by atoms with Crippen LogP contribution < -0.4 is 5.01 Å². The van der Waals surface area contributed by atoms with Gasteiger partial charge in [-0.25, -0.2) is 5.01 Å². The first-order valence-electron chi connectivity index (χ1n) is 10.4. The molecule has 0 fully saturated rings. The van der Waals surface area contributed by atoms with Gasteiger partial charge in [-0.05, 0) is 35.9 Å². The van der Waals surface area contributed by atoms with Gasteiger partial charge in [-0.1, -0.05) is 84.9 Å². The van der Waals surface area contributed by atoms with E-state index in [4.69, 9.17) is 5.10 Å². The first-order chi connectivity index (χ1) is 15.4. The van der Waals surface area contributed by atoms with Crippen LogP contribution in [0.1, 0.15) is 11.1 Å². The molecule has 150 valence electrons. The topological polar surface area (TPSA) is 20.5 Å². The lowest BCUT2D eigenvalue weighted by Gasteiger charge is -2.19. The summed E-state index contributed by atoms with van der Waals surface area (Å²) >= 11 is 0. The van der Waals surface area contributed by atoms with E-state index in [9.17, 15) is 0 Å². The molecule has 3 heteroatoms. The SMILES string of the molecule is C(=N/N(c1ccccc1)c1ccccc1)/c1cn(Cc2ccccc2)c2ccccc12. The zero-order chi connectivity index (χ0) is 20.9. The summed E-state index contributed by atoms with van der Waals surface area (Å²) in [5.74, 6) is 0. The van der Waals surface area contributed by atoms with Crippen molar-refractivity contribution >= 4 is 28.5 Å². The maximum atomic E-state index is 4.90. The number of anilines is 2. The second kappa shape index (κ2) is 8.72. The van der Waals surface area contributed by atoms with E-state index in [1.165, 1.54) is 16.5 Å². The lowest BCUT2D eigenvalue weighted by molar-refractivity contribution is 0.836. The van der Waals surface area contributed by atoms with Crippen LogP contribution in [0.5, 0.6) is 0 Å². The highest BCUT2D eigenvalue weighted by molar-refractivity contribution is 6.00. The summed E-state index contributed by atoms with van der Waals surface area (Å²) in [4.78, 5) is 0. The van der Waals surface area contributed by atoms with Crippen LogP contribution in [0.3, 0.4) is 0 Å². The first kappa shape index (κ1) is 18.9. The van der Waals surface area contributed by atoms with Gasteiger partial charge >= 0.3 is 0 Å². The largest absolute Gasteiger partial charge is 0.342 e. The summed E-state index contributed by atoms with van der Waals surface area (Å²) in [7, 11) is 0. The van der Waals surface area contributed by atoms with E-state index in [2.05, 4.69) is 89.6 Å². The van der Waals surface area contributed by atoms with Crippen LogP contribution in [0.4, 0.5) is 11.4 Å². The fraction of sp³-hybridized carbons (Fsp3) is 0.0357. The molecule has 0 aliphatic rings. The Balaban J connectivity index is 1.54. The van der Waals surface area contributed by atoms with Gasteiger partial charge in [0.05, 0.1) is 17.6 Å². The summed E-state index contributed by atoms with van der Waals surface area (Å²) < 4.78 is 2.29. The maximum Gasteiger partial charge on any atom is 0.0652 e. The number of rotatable bonds is 6. The van der Waals surface area contributed by atoms with Crippen LogP contribution in [0, 0.1) is 0 Å². The van der Waals surface area contributed by atoms with Gasteiger partial charge in [0.1, 0.15) is 0 Å². The third kappa shape index (κ3) is 4.12. The van der Waals surface area contributed by atoms with Gasteiger partial charge < -0.3 is 4.57 Å². The lowest BCUT2D eigenvalue weighted by Crippen LogP contribution is -2.09. The van der Waals surface area contributed by atoms with E-state index in [1.807, 2.05) is 47.6 Å². The van der Waals surface area contributed by atoms with E-state index in [1.54, 1.807) is 0 Å². The van der Waals surface area contributed by atoms with Crippen LogP contribution in [0.25, 0.3) is 10.9 Å². The quantitative estimate of drug-likeness (QED) is 0.225. The minimum absolute atomic E-state index is 0.830. The first-order valence-corrected chi connectivity index (χ1v) is 10.4. The van der Waals surface area contributed by atoms with E-state index >= 15 is 0 Å². The highest BCUT2D eigenvalue weighted by atomic mass is 15.5. The molecular formula is C28H23N3. The molecule has 0 aliphatic carbocycles. The standard InChI is InChI=1S/C28H23N3/c1-4-12-23(13-5-1)21-30-22-24(27-18-10-11-19-28(27)30)20-29-31(25-14-6-2-7-15-25)26-16-8-3-9-17-26/h1-20,22H,21H2/b29-20-. The van der Waals surface area contributed by atoms with E-state index in [-0.39, 0.29) is 0 Å². The molecule has 1 aromatic heterocycles. The molecule has 0 atom stereocenters. The Bertz CT molecular complexity index is 1250. The molecule has 0 radical (unpaired) electrons. The molecular weight excluding hydrogens is 378 g/mol.